The highest BCUT2D eigenvalue weighted by atomic mass is 32.2. The van der Waals surface area contributed by atoms with E-state index in [1.165, 1.54) is 22.9 Å². The van der Waals surface area contributed by atoms with Gasteiger partial charge >= 0.3 is 0 Å². The Morgan fingerprint density at radius 3 is 2.28 bits per heavy atom. The number of aromatic nitrogens is 2. The van der Waals surface area contributed by atoms with Gasteiger partial charge in [-0.15, -0.1) is 0 Å². The lowest BCUT2D eigenvalue weighted by Crippen LogP contribution is -2.32. The molecule has 0 bridgehead atoms. The van der Waals surface area contributed by atoms with Crippen molar-refractivity contribution < 1.29 is 4.79 Å². The molecule has 4 rings (SSSR count). The van der Waals surface area contributed by atoms with E-state index < -0.39 is 0 Å². The molecule has 0 N–H and O–H groups in total. The topological polar surface area (TPSA) is 46.1 Å². The van der Waals surface area contributed by atoms with Crippen molar-refractivity contribution in [1.29, 1.82) is 0 Å². The summed E-state index contributed by atoms with van der Waals surface area (Å²) in [7, 11) is 0. The summed E-state index contributed by atoms with van der Waals surface area (Å²) in [6.07, 6.45) is 0.685. The van der Waals surface area contributed by atoms with Gasteiger partial charge in [0.05, 0.1) is 22.5 Å². The first-order chi connectivity index (χ1) is 15.5. The second kappa shape index (κ2) is 9.96. The van der Waals surface area contributed by atoms with E-state index in [4.69, 9.17) is 9.97 Å². The lowest BCUT2D eigenvalue weighted by Gasteiger charge is -2.21. The van der Waals surface area contributed by atoms with Crippen molar-refractivity contribution >= 4 is 34.4 Å². The Balaban J connectivity index is 1.59. The molecule has 1 heterocycles. The van der Waals surface area contributed by atoms with Crippen molar-refractivity contribution in [3.05, 3.63) is 95.2 Å². The lowest BCUT2D eigenvalue weighted by molar-refractivity contribution is -0.116. The quantitative estimate of drug-likeness (QED) is 0.331. The van der Waals surface area contributed by atoms with Crippen LogP contribution in [-0.4, -0.2) is 28.2 Å². The number of hydrogen-bond donors (Lipinski definition) is 0. The Kier molecular flexibility index (Phi) is 6.86. The first-order valence-corrected chi connectivity index (χ1v) is 11.8. The highest BCUT2D eigenvalue weighted by Gasteiger charge is 2.17. The van der Waals surface area contributed by atoms with E-state index in [0.717, 1.165) is 33.0 Å². The number of aryl methyl sites for hydroxylation is 2. The van der Waals surface area contributed by atoms with Crippen molar-refractivity contribution in [3.8, 4) is 0 Å². The molecule has 4 nitrogen and oxygen atoms in total. The van der Waals surface area contributed by atoms with Gasteiger partial charge < -0.3 is 4.90 Å². The van der Waals surface area contributed by atoms with Gasteiger partial charge in [-0.2, -0.15) is 0 Å². The van der Waals surface area contributed by atoms with Crippen LogP contribution >= 0.6 is 11.8 Å². The third kappa shape index (κ3) is 5.17. The van der Waals surface area contributed by atoms with Crippen molar-refractivity contribution in [3.63, 3.8) is 0 Å². The molecule has 4 aromatic rings. The van der Waals surface area contributed by atoms with Crippen LogP contribution in [0.25, 0.3) is 11.0 Å². The van der Waals surface area contributed by atoms with Gasteiger partial charge in [-0.25, -0.2) is 9.97 Å². The minimum atomic E-state index is 0.0688. The minimum absolute atomic E-state index is 0.0688. The summed E-state index contributed by atoms with van der Waals surface area (Å²) in [5.74, 6) is 0.384. The molecule has 0 aliphatic rings. The molecule has 0 radical (unpaired) electrons. The molecule has 0 saturated carbocycles. The maximum Gasteiger partial charge on any atom is 0.237 e. The van der Waals surface area contributed by atoms with Gasteiger partial charge in [-0.1, -0.05) is 65.9 Å². The molecule has 0 spiro atoms. The van der Waals surface area contributed by atoms with Crippen LogP contribution in [0.3, 0.4) is 0 Å². The van der Waals surface area contributed by atoms with Crippen LogP contribution in [0.15, 0.2) is 77.8 Å². The molecule has 0 aliphatic heterocycles. The third-order valence-corrected chi connectivity index (χ3v) is 6.35. The number of anilines is 1. The number of hydrogen-bond acceptors (Lipinski definition) is 4. The maximum absolute atomic E-state index is 13.1. The van der Waals surface area contributed by atoms with Gasteiger partial charge in [0, 0.05) is 18.7 Å². The zero-order valence-electron chi connectivity index (χ0n) is 18.7. The number of rotatable bonds is 7. The predicted octanol–water partition coefficient (Wildman–Crippen LogP) is 5.98. The molecule has 0 saturated heterocycles. The fourth-order valence-corrected chi connectivity index (χ4v) is 4.52. The number of amides is 1. The van der Waals surface area contributed by atoms with Gasteiger partial charge in [0.15, 0.2) is 0 Å². The van der Waals surface area contributed by atoms with Crippen LogP contribution in [0.4, 0.5) is 5.69 Å². The van der Waals surface area contributed by atoms with E-state index >= 15 is 0 Å². The zero-order chi connectivity index (χ0) is 22.5. The van der Waals surface area contributed by atoms with Crippen molar-refractivity contribution in [1.82, 2.24) is 9.97 Å². The van der Waals surface area contributed by atoms with Crippen molar-refractivity contribution in [2.24, 2.45) is 0 Å². The van der Waals surface area contributed by atoms with Crippen LogP contribution in [-0.2, 0) is 11.2 Å². The molecule has 5 heteroatoms. The molecular weight excluding hydrogens is 414 g/mol. The number of para-hydroxylation sites is 2. The standard InChI is InChI=1S/C27H27N3OS/c1-4-30(22-9-7-8-20(3)16-22)26(31)18-32-27-25(17-21-14-12-19(2)13-15-21)28-23-10-5-6-11-24(23)29-27/h5-16H,4,17-18H2,1-3H3. The Morgan fingerprint density at radius 2 is 1.59 bits per heavy atom. The number of nitrogens with zero attached hydrogens (tertiary/aromatic N) is 3. The number of fused-ring (bicyclic) bond motifs is 1. The molecule has 0 aliphatic carbocycles. The van der Waals surface area contributed by atoms with Crippen LogP contribution in [0.2, 0.25) is 0 Å². The largest absolute Gasteiger partial charge is 0.312 e. The van der Waals surface area contributed by atoms with Crippen LogP contribution in [0.5, 0.6) is 0 Å². The summed E-state index contributed by atoms with van der Waals surface area (Å²) in [5.41, 5.74) is 7.12. The van der Waals surface area contributed by atoms with Gasteiger partial charge in [0.2, 0.25) is 5.91 Å². The summed E-state index contributed by atoms with van der Waals surface area (Å²) >= 11 is 1.47. The summed E-state index contributed by atoms with van der Waals surface area (Å²) in [4.78, 5) is 24.7. The first kappa shape index (κ1) is 22.0. The summed E-state index contributed by atoms with van der Waals surface area (Å²) in [6, 6.07) is 24.4. The molecule has 0 unspecified atom stereocenters. The normalized spacial score (nSPS) is 11.0. The summed E-state index contributed by atoms with van der Waals surface area (Å²) < 4.78 is 0. The Labute approximate surface area is 193 Å². The Bertz CT molecular complexity index is 1240. The average Bonchev–Trinajstić information content (AvgIpc) is 2.79. The highest BCUT2D eigenvalue weighted by Crippen LogP contribution is 2.26. The Morgan fingerprint density at radius 1 is 0.875 bits per heavy atom. The molecule has 3 aromatic carbocycles. The predicted molar refractivity (Wildman–Crippen MR) is 133 cm³/mol. The minimum Gasteiger partial charge on any atom is -0.312 e. The third-order valence-electron chi connectivity index (χ3n) is 5.36. The lowest BCUT2D eigenvalue weighted by atomic mass is 10.1. The molecule has 0 atom stereocenters. The highest BCUT2D eigenvalue weighted by molar-refractivity contribution is 8.00. The van der Waals surface area contributed by atoms with Crippen LogP contribution < -0.4 is 4.90 Å². The van der Waals surface area contributed by atoms with Crippen LogP contribution in [0, 0.1) is 13.8 Å². The average molecular weight is 442 g/mol. The number of carbonyl (C=O) groups is 1. The summed E-state index contributed by atoms with van der Waals surface area (Å²) in [6.45, 7) is 6.75. The number of benzene rings is 3. The Hall–Kier alpha value is -3.18. The van der Waals surface area contributed by atoms with Crippen molar-refractivity contribution in [2.45, 2.75) is 32.2 Å². The molecule has 162 valence electrons. The summed E-state index contributed by atoms with van der Waals surface area (Å²) in [5, 5.41) is 0.818. The molecule has 1 aromatic heterocycles. The van der Waals surface area contributed by atoms with Gasteiger partial charge in [-0.3, -0.25) is 4.79 Å². The monoisotopic (exact) mass is 441 g/mol. The number of carbonyl (C=O) groups excluding carboxylic acids is 1. The van der Waals surface area contributed by atoms with Gasteiger partial charge in [0.1, 0.15) is 5.03 Å². The van der Waals surface area contributed by atoms with Gasteiger partial charge in [-0.05, 0) is 56.2 Å². The first-order valence-electron chi connectivity index (χ1n) is 10.8. The van der Waals surface area contributed by atoms with Crippen molar-refractivity contribution in [2.75, 3.05) is 17.2 Å². The zero-order valence-corrected chi connectivity index (χ0v) is 19.5. The molecule has 0 fully saturated rings. The fraction of sp³-hybridized carbons (Fsp3) is 0.222. The van der Waals surface area contributed by atoms with E-state index in [-0.39, 0.29) is 5.91 Å². The SMILES string of the molecule is CCN(C(=O)CSc1nc2ccccc2nc1Cc1ccc(C)cc1)c1cccc(C)c1. The van der Waals surface area contributed by atoms with E-state index in [0.29, 0.717) is 18.7 Å². The van der Waals surface area contributed by atoms with E-state index in [9.17, 15) is 4.79 Å². The molecular formula is C27H27N3OS. The number of thioether (sulfide) groups is 1. The fourth-order valence-electron chi connectivity index (χ4n) is 3.66. The van der Waals surface area contributed by atoms with Crippen LogP contribution in [0.1, 0.15) is 29.3 Å². The smallest absolute Gasteiger partial charge is 0.237 e. The van der Waals surface area contributed by atoms with E-state index in [1.807, 2.05) is 67.3 Å². The second-order valence-electron chi connectivity index (χ2n) is 7.89. The second-order valence-corrected chi connectivity index (χ2v) is 8.86. The van der Waals surface area contributed by atoms with E-state index in [2.05, 4.69) is 31.2 Å². The van der Waals surface area contributed by atoms with E-state index in [1.54, 1.807) is 0 Å². The molecule has 1 amide bonds. The molecule has 32 heavy (non-hydrogen) atoms. The van der Waals surface area contributed by atoms with Gasteiger partial charge in [0.25, 0.3) is 0 Å². The maximum atomic E-state index is 13.1.